The second-order valence-corrected chi connectivity index (χ2v) is 9.12. The van der Waals surface area contributed by atoms with Crippen molar-refractivity contribution < 1.29 is 0 Å². The van der Waals surface area contributed by atoms with E-state index in [2.05, 4.69) is 20.9 Å². The Bertz CT molecular complexity index is 1340. The van der Waals surface area contributed by atoms with Crippen LogP contribution in [0.1, 0.15) is 31.4 Å². The standard InChI is InChI=1S/C25H28N6O/c1-18-15-30-16-19(4-6-23(30)26-18)22-14-25(32)31-17-21(5-7-24(31)27-22)29-12-8-20(9-13-29)28-10-2-3-11-28/h4-7,14-17,20H,2-3,8-13H2,1H3. The molecule has 6 rings (SSSR count). The van der Waals surface area contributed by atoms with E-state index in [0.717, 1.165) is 41.7 Å². The van der Waals surface area contributed by atoms with Crippen LogP contribution in [0.4, 0.5) is 5.69 Å². The minimum absolute atomic E-state index is 0.0549. The van der Waals surface area contributed by atoms with Crippen LogP contribution in [0.5, 0.6) is 0 Å². The fourth-order valence-corrected chi connectivity index (χ4v) is 5.29. The van der Waals surface area contributed by atoms with E-state index < -0.39 is 0 Å². The molecular formula is C25H28N6O. The van der Waals surface area contributed by atoms with E-state index in [1.54, 1.807) is 10.5 Å². The first-order valence-electron chi connectivity index (χ1n) is 11.6. The van der Waals surface area contributed by atoms with Gasteiger partial charge in [0, 0.05) is 49.4 Å². The zero-order valence-corrected chi connectivity index (χ0v) is 18.4. The van der Waals surface area contributed by atoms with Gasteiger partial charge in [0.2, 0.25) is 0 Å². The molecule has 32 heavy (non-hydrogen) atoms. The monoisotopic (exact) mass is 428 g/mol. The molecule has 7 heteroatoms. The Morgan fingerprint density at radius 1 is 0.875 bits per heavy atom. The van der Waals surface area contributed by atoms with E-state index >= 15 is 0 Å². The maximum absolute atomic E-state index is 13.0. The highest BCUT2D eigenvalue weighted by atomic mass is 16.1. The van der Waals surface area contributed by atoms with Crippen molar-refractivity contribution in [3.05, 3.63) is 65.0 Å². The Labute approximate surface area is 186 Å². The van der Waals surface area contributed by atoms with Gasteiger partial charge in [-0.3, -0.25) is 9.20 Å². The molecule has 2 saturated heterocycles. The van der Waals surface area contributed by atoms with Gasteiger partial charge in [-0.05, 0) is 70.0 Å². The Hall–Kier alpha value is -3.19. The maximum atomic E-state index is 13.0. The largest absolute Gasteiger partial charge is 0.370 e. The summed E-state index contributed by atoms with van der Waals surface area (Å²) in [5.74, 6) is 0. The third-order valence-corrected chi connectivity index (χ3v) is 7.00. The number of anilines is 1. The van der Waals surface area contributed by atoms with Crippen LogP contribution in [0.15, 0.2) is 53.7 Å². The summed E-state index contributed by atoms with van der Waals surface area (Å²) in [6.45, 7) is 6.57. The number of nitrogens with zero attached hydrogens (tertiary/aromatic N) is 6. The smallest absolute Gasteiger partial charge is 0.258 e. The van der Waals surface area contributed by atoms with Crippen LogP contribution in [0, 0.1) is 6.92 Å². The summed E-state index contributed by atoms with van der Waals surface area (Å²) in [5.41, 5.74) is 5.16. The molecule has 0 saturated carbocycles. The number of hydrogen-bond donors (Lipinski definition) is 0. The van der Waals surface area contributed by atoms with Crippen molar-refractivity contribution in [1.82, 2.24) is 23.7 Å². The number of fused-ring (bicyclic) bond motifs is 2. The van der Waals surface area contributed by atoms with Crippen LogP contribution in [-0.2, 0) is 0 Å². The molecule has 0 atom stereocenters. The lowest BCUT2D eigenvalue weighted by atomic mass is 10.0. The Morgan fingerprint density at radius 3 is 2.47 bits per heavy atom. The predicted octanol–water partition coefficient (Wildman–Crippen LogP) is 3.38. The molecule has 2 aliphatic heterocycles. The molecule has 164 valence electrons. The van der Waals surface area contributed by atoms with E-state index in [4.69, 9.17) is 4.98 Å². The molecule has 0 aliphatic carbocycles. The molecule has 0 bridgehead atoms. The van der Waals surface area contributed by atoms with E-state index in [0.29, 0.717) is 11.3 Å². The van der Waals surface area contributed by atoms with Gasteiger partial charge < -0.3 is 14.2 Å². The number of aryl methyl sites for hydroxylation is 1. The maximum Gasteiger partial charge on any atom is 0.258 e. The van der Waals surface area contributed by atoms with Gasteiger partial charge in [0.15, 0.2) is 0 Å². The van der Waals surface area contributed by atoms with Crippen molar-refractivity contribution in [3.8, 4) is 11.3 Å². The quantitative estimate of drug-likeness (QED) is 0.501. The molecule has 0 N–H and O–H groups in total. The minimum atomic E-state index is -0.0549. The van der Waals surface area contributed by atoms with Gasteiger partial charge in [-0.1, -0.05) is 0 Å². The molecule has 0 aromatic carbocycles. The Morgan fingerprint density at radius 2 is 1.66 bits per heavy atom. The lowest BCUT2D eigenvalue weighted by molar-refractivity contribution is 0.208. The van der Waals surface area contributed by atoms with Crippen molar-refractivity contribution in [2.45, 2.75) is 38.6 Å². The van der Waals surface area contributed by atoms with Gasteiger partial charge in [0.25, 0.3) is 5.56 Å². The molecule has 0 radical (unpaired) electrons. The van der Waals surface area contributed by atoms with E-state index in [-0.39, 0.29) is 5.56 Å². The Balaban J connectivity index is 1.27. The van der Waals surface area contributed by atoms with Crippen molar-refractivity contribution in [1.29, 1.82) is 0 Å². The molecule has 7 nitrogen and oxygen atoms in total. The zero-order chi connectivity index (χ0) is 21.7. The van der Waals surface area contributed by atoms with E-state index in [1.807, 2.05) is 48.1 Å². The first-order valence-corrected chi connectivity index (χ1v) is 11.6. The molecule has 0 unspecified atom stereocenters. The van der Waals surface area contributed by atoms with Gasteiger partial charge in [-0.2, -0.15) is 0 Å². The normalized spacial score (nSPS) is 18.2. The number of likely N-dealkylation sites (tertiary alicyclic amines) is 1. The zero-order valence-electron chi connectivity index (χ0n) is 18.4. The third kappa shape index (κ3) is 3.46. The van der Waals surface area contributed by atoms with Crippen molar-refractivity contribution in [2.75, 3.05) is 31.1 Å². The van der Waals surface area contributed by atoms with E-state index in [1.165, 1.54) is 38.8 Å². The average molecular weight is 429 g/mol. The summed E-state index contributed by atoms with van der Waals surface area (Å²) in [4.78, 5) is 27.3. The Kier molecular flexibility index (Phi) is 4.72. The molecule has 0 spiro atoms. The van der Waals surface area contributed by atoms with Crippen LogP contribution < -0.4 is 10.5 Å². The minimum Gasteiger partial charge on any atom is -0.370 e. The molecule has 4 aromatic rings. The first kappa shape index (κ1) is 19.5. The van der Waals surface area contributed by atoms with Crippen molar-refractivity contribution >= 4 is 17.0 Å². The number of rotatable bonds is 3. The van der Waals surface area contributed by atoms with Crippen LogP contribution in [0.3, 0.4) is 0 Å². The highest BCUT2D eigenvalue weighted by Gasteiger charge is 2.26. The van der Waals surface area contributed by atoms with Gasteiger partial charge in [-0.25, -0.2) is 9.97 Å². The van der Waals surface area contributed by atoms with Crippen molar-refractivity contribution in [3.63, 3.8) is 0 Å². The number of piperidine rings is 1. The lowest BCUT2D eigenvalue weighted by Crippen LogP contribution is -2.44. The molecule has 4 aromatic heterocycles. The van der Waals surface area contributed by atoms with Crippen LogP contribution in [0.25, 0.3) is 22.6 Å². The summed E-state index contributed by atoms with van der Waals surface area (Å²) >= 11 is 0. The third-order valence-electron chi connectivity index (χ3n) is 7.00. The molecule has 0 amide bonds. The summed E-state index contributed by atoms with van der Waals surface area (Å²) in [6, 6.07) is 10.3. The van der Waals surface area contributed by atoms with Crippen LogP contribution in [-0.4, -0.2) is 55.9 Å². The van der Waals surface area contributed by atoms with E-state index in [9.17, 15) is 4.79 Å². The fourth-order valence-electron chi connectivity index (χ4n) is 5.29. The second-order valence-electron chi connectivity index (χ2n) is 9.12. The molecular weight excluding hydrogens is 400 g/mol. The number of pyridine rings is 2. The van der Waals surface area contributed by atoms with Crippen molar-refractivity contribution in [2.24, 2.45) is 0 Å². The van der Waals surface area contributed by atoms with Gasteiger partial charge in [0.05, 0.1) is 17.1 Å². The second kappa shape index (κ2) is 7.74. The highest BCUT2D eigenvalue weighted by molar-refractivity contribution is 5.64. The van der Waals surface area contributed by atoms with Crippen LogP contribution in [0.2, 0.25) is 0 Å². The highest BCUT2D eigenvalue weighted by Crippen LogP contribution is 2.25. The van der Waals surface area contributed by atoms with Gasteiger partial charge in [0.1, 0.15) is 11.3 Å². The number of aromatic nitrogens is 4. The lowest BCUT2D eigenvalue weighted by Gasteiger charge is -2.37. The number of imidazole rings is 1. The fraction of sp³-hybridized carbons (Fsp3) is 0.400. The predicted molar refractivity (Wildman–Crippen MR) is 126 cm³/mol. The number of hydrogen-bond acceptors (Lipinski definition) is 5. The SMILES string of the molecule is Cc1cn2cc(-c3cc(=O)n4cc(N5CCC(N6CCCC6)CC5)ccc4n3)ccc2n1. The summed E-state index contributed by atoms with van der Waals surface area (Å²) in [5, 5.41) is 0. The summed E-state index contributed by atoms with van der Waals surface area (Å²) < 4.78 is 3.65. The molecule has 2 fully saturated rings. The topological polar surface area (TPSA) is 58.2 Å². The van der Waals surface area contributed by atoms with Crippen LogP contribution >= 0.6 is 0 Å². The molecule has 6 heterocycles. The van der Waals surface area contributed by atoms with Gasteiger partial charge in [-0.15, -0.1) is 0 Å². The average Bonchev–Trinajstić information content (AvgIpc) is 3.47. The van der Waals surface area contributed by atoms with Gasteiger partial charge >= 0.3 is 0 Å². The first-order chi connectivity index (χ1) is 15.6. The summed E-state index contributed by atoms with van der Waals surface area (Å²) in [7, 11) is 0. The summed E-state index contributed by atoms with van der Waals surface area (Å²) in [6.07, 6.45) is 11.0. The molecule has 2 aliphatic rings.